The summed E-state index contributed by atoms with van der Waals surface area (Å²) in [6.45, 7) is 5.19. The number of esters is 1. The molecule has 0 bridgehead atoms. The van der Waals surface area contributed by atoms with Gasteiger partial charge >= 0.3 is 5.97 Å². The minimum absolute atomic E-state index is 0.0515. The maximum absolute atomic E-state index is 13.0. The summed E-state index contributed by atoms with van der Waals surface area (Å²) < 4.78 is 33.4. The number of aromatic hydroxyl groups is 2. The van der Waals surface area contributed by atoms with E-state index in [0.717, 1.165) is 18.2 Å². The van der Waals surface area contributed by atoms with Gasteiger partial charge in [0.05, 0.1) is 34.2 Å². The molecule has 0 saturated heterocycles. The number of ether oxygens (including phenoxy) is 1. The number of phenols is 2. The smallest absolute Gasteiger partial charge is 0.338 e. The van der Waals surface area contributed by atoms with Gasteiger partial charge in [-0.15, -0.1) is 0 Å². The Bertz CT molecular complexity index is 1260. The van der Waals surface area contributed by atoms with Crippen molar-refractivity contribution in [2.24, 2.45) is 5.92 Å². The third kappa shape index (κ3) is 4.67. The van der Waals surface area contributed by atoms with Crippen LogP contribution in [0.3, 0.4) is 0 Å². The monoisotopic (exact) mass is 473 g/mol. The molecule has 174 valence electrons. The Balaban J connectivity index is 2.01. The molecule has 1 atom stereocenters. The van der Waals surface area contributed by atoms with Crippen molar-refractivity contribution in [3.8, 4) is 11.5 Å². The molecule has 9 nitrogen and oxygen atoms in total. The van der Waals surface area contributed by atoms with Gasteiger partial charge in [0.2, 0.25) is 10.0 Å². The maximum Gasteiger partial charge on any atom is 0.338 e. The van der Waals surface area contributed by atoms with Gasteiger partial charge in [-0.25, -0.2) is 17.9 Å². The standard InChI is InChI=1S/C23H23NO8S/c1-4-32-23(29)13-5-7-14(8-6-13)33(30,31)24-21(12(2)3)15-11-18(27)19-16(25)9-10-17(26)20(19)22(15)28/h5-12,21,24,27-28H,4H2,1-3H3. The lowest BCUT2D eigenvalue weighted by Gasteiger charge is -2.26. The van der Waals surface area contributed by atoms with Crippen LogP contribution < -0.4 is 4.72 Å². The zero-order chi connectivity index (χ0) is 24.5. The summed E-state index contributed by atoms with van der Waals surface area (Å²) in [7, 11) is -4.14. The Kier molecular flexibility index (Phi) is 6.71. The van der Waals surface area contributed by atoms with Crippen molar-refractivity contribution in [1.29, 1.82) is 0 Å². The highest BCUT2D eigenvalue weighted by molar-refractivity contribution is 7.89. The molecule has 3 N–H and O–H groups in total. The van der Waals surface area contributed by atoms with Crippen LogP contribution in [0.15, 0.2) is 47.4 Å². The highest BCUT2D eigenvalue weighted by Crippen LogP contribution is 2.41. The second kappa shape index (κ2) is 9.16. The number of rotatable bonds is 7. The summed E-state index contributed by atoms with van der Waals surface area (Å²) in [5, 5.41) is 21.2. The van der Waals surface area contributed by atoms with Gasteiger partial charge in [-0.3, -0.25) is 9.59 Å². The van der Waals surface area contributed by atoms with Crippen LogP contribution >= 0.6 is 0 Å². The van der Waals surface area contributed by atoms with Crippen LogP contribution in [-0.2, 0) is 14.8 Å². The molecule has 1 aliphatic carbocycles. The van der Waals surface area contributed by atoms with Gasteiger partial charge in [-0.05, 0) is 55.3 Å². The molecule has 0 aliphatic heterocycles. The summed E-state index contributed by atoms with van der Waals surface area (Å²) in [6.07, 6.45) is 1.97. The van der Waals surface area contributed by atoms with E-state index in [2.05, 4.69) is 4.72 Å². The van der Waals surface area contributed by atoms with Crippen molar-refractivity contribution in [3.05, 3.63) is 64.7 Å². The molecule has 0 heterocycles. The lowest BCUT2D eigenvalue weighted by Crippen LogP contribution is -2.32. The topological polar surface area (TPSA) is 147 Å². The number of ketones is 2. The fourth-order valence-corrected chi connectivity index (χ4v) is 4.87. The number of benzene rings is 2. The first kappa shape index (κ1) is 24.1. The van der Waals surface area contributed by atoms with E-state index in [0.29, 0.717) is 0 Å². The summed E-state index contributed by atoms with van der Waals surface area (Å²) in [6, 6.07) is 5.14. The van der Waals surface area contributed by atoms with Crippen molar-refractivity contribution in [2.45, 2.75) is 31.7 Å². The first-order valence-corrected chi connectivity index (χ1v) is 11.6. The minimum atomic E-state index is -4.14. The average molecular weight is 474 g/mol. The number of allylic oxidation sites excluding steroid dienone is 2. The number of hydrogen-bond donors (Lipinski definition) is 3. The molecule has 0 spiro atoms. The van der Waals surface area contributed by atoms with E-state index in [1.165, 1.54) is 24.3 Å². The van der Waals surface area contributed by atoms with Crippen LogP contribution in [0.4, 0.5) is 0 Å². The second-order valence-electron chi connectivity index (χ2n) is 7.73. The average Bonchev–Trinajstić information content (AvgIpc) is 2.76. The summed E-state index contributed by atoms with van der Waals surface area (Å²) >= 11 is 0. The van der Waals surface area contributed by atoms with E-state index in [4.69, 9.17) is 4.74 Å². The largest absolute Gasteiger partial charge is 0.507 e. The number of fused-ring (bicyclic) bond motifs is 1. The highest BCUT2D eigenvalue weighted by atomic mass is 32.2. The number of sulfonamides is 1. The van der Waals surface area contributed by atoms with Crippen molar-refractivity contribution in [3.63, 3.8) is 0 Å². The lowest BCUT2D eigenvalue weighted by atomic mass is 9.87. The fraction of sp³-hybridized carbons (Fsp3) is 0.261. The molecule has 0 saturated carbocycles. The van der Waals surface area contributed by atoms with E-state index in [1.807, 2.05) is 0 Å². The molecular formula is C23H23NO8S. The summed E-state index contributed by atoms with van der Waals surface area (Å²) in [5.74, 6) is -3.45. The van der Waals surface area contributed by atoms with Crippen molar-refractivity contribution < 1.29 is 37.8 Å². The Labute approximate surface area is 190 Å². The Hall–Kier alpha value is -3.50. The molecule has 0 radical (unpaired) electrons. The second-order valence-corrected chi connectivity index (χ2v) is 9.45. The van der Waals surface area contributed by atoms with Crippen LogP contribution in [0.2, 0.25) is 0 Å². The molecule has 10 heteroatoms. The first-order chi connectivity index (χ1) is 15.5. The highest BCUT2D eigenvalue weighted by Gasteiger charge is 2.33. The minimum Gasteiger partial charge on any atom is -0.507 e. The van der Waals surface area contributed by atoms with Gasteiger partial charge in [0, 0.05) is 5.56 Å². The SMILES string of the molecule is CCOC(=O)c1ccc(S(=O)(=O)NC(c2cc(O)c3c(c2O)C(=O)C=CC3=O)C(C)C)cc1. The van der Waals surface area contributed by atoms with Crippen molar-refractivity contribution >= 4 is 27.6 Å². The number of carbonyl (C=O) groups excluding carboxylic acids is 3. The van der Waals surface area contributed by atoms with Crippen molar-refractivity contribution in [2.75, 3.05) is 6.61 Å². The molecule has 1 aliphatic rings. The normalized spacial score (nSPS) is 14.3. The molecule has 1 unspecified atom stereocenters. The summed E-state index contributed by atoms with van der Waals surface area (Å²) in [4.78, 5) is 36.1. The Morgan fingerprint density at radius 1 is 1.03 bits per heavy atom. The summed E-state index contributed by atoms with van der Waals surface area (Å²) in [5.41, 5.74) is -0.570. The molecule has 0 aromatic heterocycles. The fourth-order valence-electron chi connectivity index (χ4n) is 3.50. The van der Waals surface area contributed by atoms with E-state index in [-0.39, 0.29) is 33.8 Å². The Morgan fingerprint density at radius 3 is 2.15 bits per heavy atom. The lowest BCUT2D eigenvalue weighted by molar-refractivity contribution is 0.0526. The van der Waals surface area contributed by atoms with Gasteiger partial charge in [0.15, 0.2) is 11.6 Å². The van der Waals surface area contributed by atoms with Gasteiger partial charge in [0.1, 0.15) is 11.5 Å². The third-order valence-corrected chi connectivity index (χ3v) is 6.60. The third-order valence-electron chi connectivity index (χ3n) is 5.15. The molecular weight excluding hydrogens is 450 g/mol. The van der Waals surface area contributed by atoms with Gasteiger partial charge < -0.3 is 14.9 Å². The number of carbonyl (C=O) groups is 3. The Morgan fingerprint density at radius 2 is 1.61 bits per heavy atom. The van der Waals surface area contributed by atoms with Crippen molar-refractivity contribution in [1.82, 2.24) is 4.72 Å². The molecule has 0 amide bonds. The van der Waals surface area contributed by atoms with Gasteiger partial charge in [-0.2, -0.15) is 0 Å². The zero-order valence-corrected chi connectivity index (χ0v) is 19.0. The quantitative estimate of drug-likeness (QED) is 0.411. The van der Waals surface area contributed by atoms with Gasteiger partial charge in [0.25, 0.3) is 0 Å². The molecule has 2 aromatic carbocycles. The van der Waals surface area contributed by atoms with Gasteiger partial charge in [-0.1, -0.05) is 13.8 Å². The van der Waals surface area contributed by atoms with E-state index >= 15 is 0 Å². The van der Waals surface area contributed by atoms with E-state index < -0.39 is 51.0 Å². The molecule has 33 heavy (non-hydrogen) atoms. The predicted molar refractivity (Wildman–Crippen MR) is 118 cm³/mol. The molecule has 2 aromatic rings. The van der Waals surface area contributed by atoms with Crippen LogP contribution in [0.5, 0.6) is 11.5 Å². The number of hydrogen-bond acceptors (Lipinski definition) is 8. The molecule has 0 fully saturated rings. The van der Waals surface area contributed by atoms with Crippen LogP contribution in [-0.4, -0.2) is 42.8 Å². The van der Waals surface area contributed by atoms with Crippen LogP contribution in [0.1, 0.15) is 63.5 Å². The maximum atomic E-state index is 13.0. The van der Waals surface area contributed by atoms with E-state index in [1.54, 1.807) is 20.8 Å². The zero-order valence-electron chi connectivity index (χ0n) is 18.2. The van der Waals surface area contributed by atoms with Crippen LogP contribution in [0.25, 0.3) is 0 Å². The number of phenolic OH excluding ortho intramolecular Hbond substituents is 2. The van der Waals surface area contributed by atoms with Crippen LogP contribution in [0, 0.1) is 5.92 Å². The first-order valence-electron chi connectivity index (χ1n) is 10.1. The number of nitrogens with one attached hydrogen (secondary N) is 1. The molecule has 3 rings (SSSR count). The van der Waals surface area contributed by atoms with E-state index in [9.17, 15) is 33.0 Å². The predicted octanol–water partition coefficient (Wildman–Crippen LogP) is 2.89.